The number of quaternary nitrogens is 1. The number of hydrogen-bond acceptors (Lipinski definition) is 2. The third-order valence-electron chi connectivity index (χ3n) is 5.07. The summed E-state index contributed by atoms with van der Waals surface area (Å²) in [6, 6.07) is 16.9. The molecule has 3 aromatic rings. The molecule has 132 valence electrons. The largest absolute Gasteiger partial charge is 0.356 e. The molecule has 0 fully saturated rings. The highest BCUT2D eigenvalue weighted by Gasteiger charge is 2.21. The lowest BCUT2D eigenvalue weighted by atomic mass is 9.99. The van der Waals surface area contributed by atoms with Crippen LogP contribution in [-0.2, 0) is 6.54 Å². The maximum absolute atomic E-state index is 13.1. The molecule has 1 N–H and O–H groups in total. The standard InChI is InChI=1S/C22H21FN2O/c1-16-21(24-26-22(16)19-7-9-20(23)10-8-19)15-25-13-11-18(12-14-25)17-5-3-2-4-6-17/h2-11H,12-15H2,1H3/p+1. The highest BCUT2D eigenvalue weighted by molar-refractivity contribution is 5.66. The summed E-state index contributed by atoms with van der Waals surface area (Å²) in [6.07, 6.45) is 3.41. The van der Waals surface area contributed by atoms with E-state index in [1.165, 1.54) is 28.2 Å². The van der Waals surface area contributed by atoms with Crippen LogP contribution in [0.1, 0.15) is 23.2 Å². The van der Waals surface area contributed by atoms with E-state index in [-0.39, 0.29) is 5.82 Å². The second-order valence-electron chi connectivity index (χ2n) is 6.82. The zero-order valence-electron chi connectivity index (χ0n) is 14.8. The Morgan fingerprint density at radius 3 is 2.50 bits per heavy atom. The van der Waals surface area contributed by atoms with Crippen LogP contribution in [0.5, 0.6) is 0 Å². The molecule has 1 aromatic heterocycles. The number of benzene rings is 2. The highest BCUT2D eigenvalue weighted by atomic mass is 19.1. The van der Waals surface area contributed by atoms with Crippen molar-refractivity contribution in [2.24, 2.45) is 0 Å². The number of halogens is 1. The van der Waals surface area contributed by atoms with Crippen molar-refractivity contribution >= 4 is 5.57 Å². The highest BCUT2D eigenvalue weighted by Crippen LogP contribution is 2.25. The molecule has 4 rings (SSSR count). The van der Waals surface area contributed by atoms with Crippen molar-refractivity contribution in [2.45, 2.75) is 19.9 Å². The van der Waals surface area contributed by atoms with E-state index in [2.05, 4.69) is 41.6 Å². The molecular weight excluding hydrogens is 327 g/mol. The number of rotatable bonds is 4. The molecule has 3 nitrogen and oxygen atoms in total. The van der Waals surface area contributed by atoms with Crippen molar-refractivity contribution in [1.29, 1.82) is 0 Å². The fourth-order valence-corrected chi connectivity index (χ4v) is 3.50. The molecule has 0 spiro atoms. The smallest absolute Gasteiger partial charge is 0.170 e. The zero-order chi connectivity index (χ0) is 17.9. The summed E-state index contributed by atoms with van der Waals surface area (Å²) in [5.41, 5.74) is 5.64. The van der Waals surface area contributed by atoms with Crippen LogP contribution >= 0.6 is 0 Å². The molecule has 2 heterocycles. The lowest BCUT2D eigenvalue weighted by molar-refractivity contribution is -0.909. The lowest BCUT2D eigenvalue weighted by Gasteiger charge is -2.23. The van der Waals surface area contributed by atoms with Crippen LogP contribution in [0.15, 0.2) is 65.2 Å². The second-order valence-corrected chi connectivity index (χ2v) is 6.82. The Bertz CT molecular complexity index is 913. The SMILES string of the molecule is Cc1c(C[NH+]2CC=C(c3ccccc3)CC2)noc1-c1ccc(F)cc1. The Morgan fingerprint density at radius 2 is 1.81 bits per heavy atom. The van der Waals surface area contributed by atoms with E-state index in [4.69, 9.17) is 4.52 Å². The molecule has 4 heteroatoms. The van der Waals surface area contributed by atoms with Gasteiger partial charge in [0.25, 0.3) is 0 Å². The summed E-state index contributed by atoms with van der Waals surface area (Å²) >= 11 is 0. The van der Waals surface area contributed by atoms with Gasteiger partial charge in [-0.2, -0.15) is 0 Å². The van der Waals surface area contributed by atoms with Gasteiger partial charge in [-0.15, -0.1) is 0 Å². The van der Waals surface area contributed by atoms with Crippen molar-refractivity contribution in [2.75, 3.05) is 13.1 Å². The number of aromatic nitrogens is 1. The van der Waals surface area contributed by atoms with Crippen molar-refractivity contribution in [3.8, 4) is 11.3 Å². The number of nitrogens with zero attached hydrogens (tertiary/aromatic N) is 1. The molecule has 1 aliphatic rings. The van der Waals surface area contributed by atoms with Gasteiger partial charge in [0.05, 0.1) is 13.1 Å². The Kier molecular flexibility index (Phi) is 4.67. The lowest BCUT2D eigenvalue weighted by Crippen LogP contribution is -3.11. The van der Waals surface area contributed by atoms with Crippen LogP contribution in [0.4, 0.5) is 4.39 Å². The van der Waals surface area contributed by atoms with Gasteiger partial charge < -0.3 is 9.42 Å². The number of nitrogens with one attached hydrogen (secondary N) is 1. The average molecular weight is 349 g/mol. The second kappa shape index (κ2) is 7.26. The Hall–Kier alpha value is -2.72. The van der Waals surface area contributed by atoms with Gasteiger partial charge in [0.2, 0.25) is 0 Å². The van der Waals surface area contributed by atoms with Gasteiger partial charge in [0.15, 0.2) is 5.76 Å². The molecule has 0 bridgehead atoms. The van der Waals surface area contributed by atoms with Crippen LogP contribution < -0.4 is 4.90 Å². The molecule has 2 aromatic carbocycles. The first-order valence-corrected chi connectivity index (χ1v) is 9.00. The van der Waals surface area contributed by atoms with E-state index in [0.717, 1.165) is 48.6 Å². The van der Waals surface area contributed by atoms with Gasteiger partial charge >= 0.3 is 0 Å². The van der Waals surface area contributed by atoms with E-state index in [1.807, 2.05) is 6.92 Å². The maximum Gasteiger partial charge on any atom is 0.170 e. The summed E-state index contributed by atoms with van der Waals surface area (Å²) < 4.78 is 18.7. The van der Waals surface area contributed by atoms with Crippen molar-refractivity contribution in [3.63, 3.8) is 0 Å². The van der Waals surface area contributed by atoms with Crippen LogP contribution in [0.25, 0.3) is 16.9 Å². The Labute approximate surface area is 152 Å². The monoisotopic (exact) mass is 349 g/mol. The van der Waals surface area contributed by atoms with Crippen molar-refractivity contribution < 1.29 is 13.8 Å². The van der Waals surface area contributed by atoms with E-state index in [9.17, 15) is 4.39 Å². The van der Waals surface area contributed by atoms with Gasteiger partial charge in [0.1, 0.15) is 18.1 Å². The molecular formula is C22H22FN2O+. The first kappa shape index (κ1) is 16.7. The Balaban J connectivity index is 1.46. The van der Waals surface area contributed by atoms with Crippen LogP contribution in [0.3, 0.4) is 0 Å². The minimum Gasteiger partial charge on any atom is -0.356 e. The molecule has 0 saturated carbocycles. The van der Waals surface area contributed by atoms with Gasteiger partial charge in [-0.3, -0.25) is 0 Å². The Morgan fingerprint density at radius 1 is 1.04 bits per heavy atom. The van der Waals surface area contributed by atoms with Gasteiger partial charge in [-0.25, -0.2) is 4.39 Å². The van der Waals surface area contributed by atoms with Crippen LogP contribution in [0, 0.1) is 12.7 Å². The fourth-order valence-electron chi connectivity index (χ4n) is 3.50. The summed E-state index contributed by atoms with van der Waals surface area (Å²) in [5, 5.41) is 4.28. The molecule has 0 amide bonds. The predicted molar refractivity (Wildman–Crippen MR) is 100 cm³/mol. The normalized spacial score (nSPS) is 17.2. The molecule has 0 radical (unpaired) electrons. The van der Waals surface area contributed by atoms with Gasteiger partial charge in [-0.1, -0.05) is 35.5 Å². The topological polar surface area (TPSA) is 30.5 Å². The van der Waals surface area contributed by atoms with E-state index < -0.39 is 0 Å². The third-order valence-corrected chi connectivity index (χ3v) is 5.07. The van der Waals surface area contributed by atoms with Crippen LogP contribution in [-0.4, -0.2) is 18.2 Å². The van der Waals surface area contributed by atoms with E-state index in [1.54, 1.807) is 12.1 Å². The summed E-state index contributed by atoms with van der Waals surface area (Å²) in [6.45, 7) is 4.94. The van der Waals surface area contributed by atoms with E-state index in [0.29, 0.717) is 0 Å². The molecule has 1 atom stereocenters. The summed E-state index contributed by atoms with van der Waals surface area (Å²) in [4.78, 5) is 1.48. The molecule has 0 saturated heterocycles. The minimum absolute atomic E-state index is 0.245. The maximum atomic E-state index is 13.1. The first-order valence-electron chi connectivity index (χ1n) is 9.00. The predicted octanol–water partition coefficient (Wildman–Crippen LogP) is 3.66. The fraction of sp³-hybridized carbons (Fsp3) is 0.227. The number of hydrogen-bond donors (Lipinski definition) is 1. The summed E-state index contributed by atoms with van der Waals surface area (Å²) in [7, 11) is 0. The average Bonchev–Trinajstić information content (AvgIpc) is 3.04. The quantitative estimate of drug-likeness (QED) is 0.779. The molecule has 0 aliphatic carbocycles. The van der Waals surface area contributed by atoms with Crippen LogP contribution in [0.2, 0.25) is 0 Å². The van der Waals surface area contributed by atoms with E-state index >= 15 is 0 Å². The molecule has 26 heavy (non-hydrogen) atoms. The summed E-state index contributed by atoms with van der Waals surface area (Å²) in [5.74, 6) is 0.488. The van der Waals surface area contributed by atoms with Crippen molar-refractivity contribution in [3.05, 3.63) is 83.3 Å². The van der Waals surface area contributed by atoms with Crippen molar-refractivity contribution in [1.82, 2.24) is 5.16 Å². The molecule has 1 unspecified atom stereocenters. The minimum atomic E-state index is -0.245. The van der Waals surface area contributed by atoms with Gasteiger partial charge in [0, 0.05) is 17.5 Å². The third kappa shape index (κ3) is 3.46. The first-order chi connectivity index (χ1) is 12.7. The van der Waals surface area contributed by atoms with Gasteiger partial charge in [-0.05, 0) is 48.4 Å². The zero-order valence-corrected chi connectivity index (χ0v) is 14.8. The molecule has 1 aliphatic heterocycles.